The Hall–Kier alpha value is -4.37. The normalized spacial score (nSPS) is 11.9. The molecule has 0 spiro atoms. The van der Waals surface area contributed by atoms with Gasteiger partial charge >= 0.3 is 6.09 Å². The Morgan fingerprint density at radius 2 is 1.76 bits per heavy atom. The van der Waals surface area contributed by atoms with Crippen LogP contribution in [-0.4, -0.2) is 29.2 Å². The molecule has 1 aliphatic carbocycles. The number of nitrogens with one attached hydrogen (secondary N) is 2. The van der Waals surface area contributed by atoms with E-state index in [0.717, 1.165) is 0 Å². The second kappa shape index (κ2) is 8.64. The number of alkyl carbamates (subject to hydrolysis) is 1. The van der Waals surface area contributed by atoms with Crippen LogP contribution in [0.4, 0.5) is 4.79 Å². The Morgan fingerprint density at radius 3 is 2.48 bits per heavy atom. The zero-order valence-corrected chi connectivity index (χ0v) is 18.0. The quantitative estimate of drug-likeness (QED) is 0.474. The molecule has 1 aliphatic rings. The molecule has 0 saturated heterocycles. The number of hydrogen-bond donors (Lipinski definition) is 2. The van der Waals surface area contributed by atoms with E-state index in [0.29, 0.717) is 22.3 Å². The first kappa shape index (κ1) is 20.5. The number of benzene rings is 3. The first-order valence-electron chi connectivity index (χ1n) is 10.7. The van der Waals surface area contributed by atoms with Crippen LogP contribution in [0, 0.1) is 18.8 Å². The summed E-state index contributed by atoms with van der Waals surface area (Å²) in [5, 5.41) is 3.15. The zero-order valence-electron chi connectivity index (χ0n) is 18.0. The summed E-state index contributed by atoms with van der Waals surface area (Å²) in [5.41, 5.74) is 5.81. The number of nitrogens with zero attached hydrogens (tertiary/aromatic N) is 1. The van der Waals surface area contributed by atoms with Crippen LogP contribution in [0.3, 0.4) is 0 Å². The van der Waals surface area contributed by atoms with Gasteiger partial charge in [0.15, 0.2) is 0 Å². The summed E-state index contributed by atoms with van der Waals surface area (Å²) < 4.78 is 5.50. The average Bonchev–Trinajstić information content (AvgIpc) is 3.14. The van der Waals surface area contributed by atoms with Gasteiger partial charge in [0.25, 0.3) is 5.56 Å². The maximum Gasteiger partial charge on any atom is 0.407 e. The maximum atomic E-state index is 12.2. The topological polar surface area (TPSA) is 84.1 Å². The van der Waals surface area contributed by atoms with E-state index in [4.69, 9.17) is 4.74 Å². The minimum atomic E-state index is -0.513. The van der Waals surface area contributed by atoms with Crippen molar-refractivity contribution in [3.63, 3.8) is 0 Å². The molecule has 0 saturated carbocycles. The van der Waals surface area contributed by atoms with Crippen molar-refractivity contribution >= 4 is 17.0 Å². The Labute approximate surface area is 190 Å². The van der Waals surface area contributed by atoms with Gasteiger partial charge < -0.3 is 15.0 Å². The fourth-order valence-electron chi connectivity index (χ4n) is 4.25. The number of H-pyrrole nitrogens is 1. The van der Waals surface area contributed by atoms with Crippen molar-refractivity contribution in [2.45, 2.75) is 12.8 Å². The molecule has 162 valence electrons. The van der Waals surface area contributed by atoms with Crippen molar-refractivity contribution in [3.05, 3.63) is 99.6 Å². The molecule has 1 heterocycles. The molecule has 0 atom stereocenters. The van der Waals surface area contributed by atoms with E-state index in [1.54, 1.807) is 25.1 Å². The summed E-state index contributed by atoms with van der Waals surface area (Å²) in [4.78, 5) is 31.3. The standard InChI is InChI=1S/C27H21N3O3/c1-17-29-25-13-12-18(15-23(25)26(31)30-17)7-6-14-28-27(32)33-16-24-21-10-4-2-8-19(21)20-9-3-5-11-22(20)24/h2-5,8-13,15,24H,14,16H2,1H3,(H,28,32)(H,29,30,31). The summed E-state index contributed by atoms with van der Waals surface area (Å²) >= 11 is 0. The summed E-state index contributed by atoms with van der Waals surface area (Å²) in [5.74, 6) is 6.43. The lowest BCUT2D eigenvalue weighted by atomic mass is 9.98. The fraction of sp³-hybridized carbons (Fsp3) is 0.148. The number of amides is 1. The number of carbonyl (C=O) groups is 1. The van der Waals surface area contributed by atoms with Gasteiger partial charge in [-0.25, -0.2) is 9.78 Å². The Kier molecular flexibility index (Phi) is 5.37. The molecule has 1 aromatic heterocycles. The second-order valence-corrected chi connectivity index (χ2v) is 7.86. The summed E-state index contributed by atoms with van der Waals surface area (Å²) in [6, 6.07) is 21.7. The van der Waals surface area contributed by atoms with Crippen LogP contribution in [0.5, 0.6) is 0 Å². The van der Waals surface area contributed by atoms with Gasteiger partial charge in [-0.15, -0.1) is 0 Å². The van der Waals surface area contributed by atoms with E-state index in [2.05, 4.69) is 51.4 Å². The third-order valence-corrected chi connectivity index (χ3v) is 5.72. The number of hydrogen-bond acceptors (Lipinski definition) is 4. The van der Waals surface area contributed by atoms with E-state index in [1.807, 2.05) is 24.3 Å². The minimum absolute atomic E-state index is 0.0159. The van der Waals surface area contributed by atoms with Crippen molar-refractivity contribution in [2.24, 2.45) is 0 Å². The second-order valence-electron chi connectivity index (χ2n) is 7.86. The summed E-state index contributed by atoms with van der Waals surface area (Å²) in [6.07, 6.45) is -0.513. The van der Waals surface area contributed by atoms with Crippen molar-refractivity contribution in [3.8, 4) is 23.0 Å². The molecule has 3 aromatic carbocycles. The van der Waals surface area contributed by atoms with Crippen LogP contribution in [0.15, 0.2) is 71.5 Å². The number of aromatic nitrogens is 2. The third kappa shape index (κ3) is 4.09. The highest BCUT2D eigenvalue weighted by molar-refractivity contribution is 5.80. The number of aromatic amines is 1. The zero-order chi connectivity index (χ0) is 22.8. The molecule has 0 fully saturated rings. The highest BCUT2D eigenvalue weighted by Gasteiger charge is 2.28. The van der Waals surface area contributed by atoms with E-state index >= 15 is 0 Å². The lowest BCUT2D eigenvalue weighted by Gasteiger charge is -2.14. The van der Waals surface area contributed by atoms with Crippen molar-refractivity contribution in [1.82, 2.24) is 15.3 Å². The molecular formula is C27H21N3O3. The average molecular weight is 435 g/mol. The van der Waals surface area contributed by atoms with Crippen LogP contribution >= 0.6 is 0 Å². The smallest absolute Gasteiger partial charge is 0.407 e. The van der Waals surface area contributed by atoms with Gasteiger partial charge in [-0.1, -0.05) is 60.4 Å². The molecule has 0 bridgehead atoms. The molecule has 6 heteroatoms. The lowest BCUT2D eigenvalue weighted by Crippen LogP contribution is -2.26. The van der Waals surface area contributed by atoms with Gasteiger partial charge in [-0.3, -0.25) is 4.79 Å². The van der Waals surface area contributed by atoms with Crippen molar-refractivity contribution in [2.75, 3.05) is 13.2 Å². The first-order chi connectivity index (χ1) is 16.1. The molecular weight excluding hydrogens is 414 g/mol. The SMILES string of the molecule is Cc1nc2ccc(C#CCNC(=O)OCC3c4ccccc4-c4ccccc43)cc2c(=O)[nH]1. The maximum absolute atomic E-state index is 12.2. The fourth-order valence-corrected chi connectivity index (χ4v) is 4.25. The third-order valence-electron chi connectivity index (χ3n) is 5.72. The lowest BCUT2D eigenvalue weighted by molar-refractivity contribution is 0.144. The van der Waals surface area contributed by atoms with Crippen LogP contribution in [0.2, 0.25) is 0 Å². The van der Waals surface area contributed by atoms with E-state index in [9.17, 15) is 9.59 Å². The van der Waals surface area contributed by atoms with Gasteiger partial charge in [0.1, 0.15) is 12.4 Å². The van der Waals surface area contributed by atoms with Gasteiger partial charge in [0.2, 0.25) is 0 Å². The number of aryl methyl sites for hydroxylation is 1. The van der Waals surface area contributed by atoms with E-state index < -0.39 is 6.09 Å². The molecule has 0 aliphatic heterocycles. The molecule has 4 aromatic rings. The van der Waals surface area contributed by atoms with Gasteiger partial charge in [0.05, 0.1) is 17.4 Å². The molecule has 1 amide bonds. The number of ether oxygens (including phenoxy) is 1. The highest BCUT2D eigenvalue weighted by atomic mass is 16.5. The van der Waals surface area contributed by atoms with Crippen LogP contribution in [0.1, 0.15) is 28.4 Å². The van der Waals surface area contributed by atoms with Gasteiger partial charge in [0, 0.05) is 11.5 Å². The monoisotopic (exact) mass is 435 g/mol. The number of carbonyl (C=O) groups excluding carboxylic acids is 1. The van der Waals surface area contributed by atoms with Crippen molar-refractivity contribution < 1.29 is 9.53 Å². The van der Waals surface area contributed by atoms with Crippen LogP contribution < -0.4 is 10.9 Å². The summed E-state index contributed by atoms with van der Waals surface area (Å²) in [7, 11) is 0. The first-order valence-corrected chi connectivity index (χ1v) is 10.7. The number of rotatable bonds is 3. The Balaban J connectivity index is 1.20. The summed E-state index contributed by atoms with van der Waals surface area (Å²) in [6.45, 7) is 2.13. The predicted molar refractivity (Wildman–Crippen MR) is 127 cm³/mol. The molecule has 33 heavy (non-hydrogen) atoms. The van der Waals surface area contributed by atoms with E-state index in [-0.39, 0.29) is 24.6 Å². The molecule has 0 radical (unpaired) electrons. The van der Waals surface area contributed by atoms with Gasteiger partial charge in [-0.05, 0) is 47.4 Å². The molecule has 6 nitrogen and oxygen atoms in total. The Bertz CT molecular complexity index is 1450. The Morgan fingerprint density at radius 1 is 1.06 bits per heavy atom. The molecule has 0 unspecified atom stereocenters. The predicted octanol–water partition coefficient (Wildman–Crippen LogP) is 4.12. The van der Waals surface area contributed by atoms with Crippen LogP contribution in [0.25, 0.3) is 22.0 Å². The van der Waals surface area contributed by atoms with Gasteiger partial charge in [-0.2, -0.15) is 0 Å². The van der Waals surface area contributed by atoms with Crippen molar-refractivity contribution in [1.29, 1.82) is 0 Å². The molecule has 5 rings (SSSR count). The molecule has 2 N–H and O–H groups in total. The minimum Gasteiger partial charge on any atom is -0.449 e. The largest absolute Gasteiger partial charge is 0.449 e. The van der Waals surface area contributed by atoms with E-state index in [1.165, 1.54) is 22.3 Å². The highest BCUT2D eigenvalue weighted by Crippen LogP contribution is 2.44. The van der Waals surface area contributed by atoms with Crippen LogP contribution in [-0.2, 0) is 4.74 Å². The number of fused-ring (bicyclic) bond motifs is 4.